The highest BCUT2D eigenvalue weighted by Crippen LogP contribution is 2.26. The van der Waals surface area contributed by atoms with E-state index >= 15 is 0 Å². The number of likely N-dealkylation sites (N-methyl/N-ethyl adjacent to an activating group) is 1. The number of nitrogens with zero attached hydrogens (tertiary/aromatic N) is 6. The maximum atomic E-state index is 5.70. The van der Waals surface area contributed by atoms with Gasteiger partial charge in [-0.2, -0.15) is 0 Å². The highest BCUT2D eigenvalue weighted by Gasteiger charge is 2.36. The van der Waals surface area contributed by atoms with E-state index in [0.29, 0.717) is 12.1 Å². The Labute approximate surface area is 124 Å². The first-order valence-electron chi connectivity index (χ1n) is 7.22. The van der Waals surface area contributed by atoms with E-state index in [-0.39, 0.29) is 0 Å². The van der Waals surface area contributed by atoms with Gasteiger partial charge in [-0.1, -0.05) is 5.21 Å². The van der Waals surface area contributed by atoms with E-state index in [9.17, 15) is 0 Å². The second-order valence-corrected chi connectivity index (χ2v) is 5.92. The molecule has 3 heterocycles. The van der Waals surface area contributed by atoms with Crippen LogP contribution in [0.2, 0.25) is 0 Å². The quantitative estimate of drug-likeness (QED) is 0.832. The Kier molecular flexibility index (Phi) is 3.77. The molecule has 0 saturated carbocycles. The first kappa shape index (κ1) is 14.2. The van der Waals surface area contributed by atoms with Gasteiger partial charge in [-0.3, -0.25) is 4.90 Å². The molecule has 0 spiro atoms. The van der Waals surface area contributed by atoms with E-state index < -0.39 is 0 Å². The molecule has 7 nitrogen and oxygen atoms in total. The molecule has 0 bridgehead atoms. The van der Waals surface area contributed by atoms with Crippen LogP contribution in [-0.2, 0) is 6.54 Å². The van der Waals surface area contributed by atoms with Crippen molar-refractivity contribution in [3.8, 4) is 0 Å². The Hall–Kier alpha value is -1.73. The van der Waals surface area contributed by atoms with Crippen molar-refractivity contribution in [2.45, 2.75) is 32.5 Å². The first-order chi connectivity index (χ1) is 10.0. The summed E-state index contributed by atoms with van der Waals surface area (Å²) in [6, 6.07) is 0.712. The molecule has 1 aliphatic heterocycles. The van der Waals surface area contributed by atoms with Gasteiger partial charge in [-0.25, -0.2) is 9.67 Å². The maximum absolute atomic E-state index is 5.70. The highest BCUT2D eigenvalue weighted by molar-refractivity contribution is 5.06. The van der Waals surface area contributed by atoms with Crippen LogP contribution in [0.1, 0.15) is 23.4 Å². The van der Waals surface area contributed by atoms with Crippen LogP contribution in [0.4, 0.5) is 0 Å². The van der Waals surface area contributed by atoms with Crippen molar-refractivity contribution in [3.05, 3.63) is 29.7 Å². The average molecular weight is 290 g/mol. The van der Waals surface area contributed by atoms with Crippen LogP contribution >= 0.6 is 0 Å². The molecule has 0 N–H and O–H groups in total. The predicted octanol–water partition coefficient (Wildman–Crippen LogP) is 0.870. The molecule has 114 valence electrons. The lowest BCUT2D eigenvalue weighted by molar-refractivity contribution is 0.233. The minimum Gasteiger partial charge on any atom is -0.444 e. The molecule has 0 amide bonds. The zero-order valence-corrected chi connectivity index (χ0v) is 13.0. The van der Waals surface area contributed by atoms with E-state index in [0.717, 1.165) is 37.0 Å². The lowest BCUT2D eigenvalue weighted by Crippen LogP contribution is -2.36. The molecule has 1 fully saturated rings. The molecule has 0 aliphatic carbocycles. The smallest absolute Gasteiger partial charge is 0.208 e. The lowest BCUT2D eigenvalue weighted by atomic mass is 10.1. The first-order valence-corrected chi connectivity index (χ1v) is 7.22. The van der Waals surface area contributed by atoms with Gasteiger partial charge in [0.05, 0.1) is 24.5 Å². The Morgan fingerprint density at radius 2 is 2.14 bits per heavy atom. The largest absolute Gasteiger partial charge is 0.444 e. The second-order valence-electron chi connectivity index (χ2n) is 5.92. The van der Waals surface area contributed by atoms with Gasteiger partial charge in [0.1, 0.15) is 5.76 Å². The van der Waals surface area contributed by atoms with E-state index in [1.807, 2.05) is 24.7 Å². The fraction of sp³-hybridized carbons (Fsp3) is 0.643. The molecule has 2 aromatic heterocycles. The summed E-state index contributed by atoms with van der Waals surface area (Å²) in [5.74, 6) is 1.70. The summed E-state index contributed by atoms with van der Waals surface area (Å²) in [5.41, 5.74) is 0.973. The topological polar surface area (TPSA) is 63.2 Å². The van der Waals surface area contributed by atoms with Gasteiger partial charge in [0.15, 0.2) is 0 Å². The molecule has 2 atom stereocenters. The van der Waals surface area contributed by atoms with E-state index in [1.165, 1.54) is 0 Å². The minimum absolute atomic E-state index is 0.305. The summed E-state index contributed by atoms with van der Waals surface area (Å²) < 4.78 is 7.65. The fourth-order valence-electron chi connectivity index (χ4n) is 2.94. The summed E-state index contributed by atoms with van der Waals surface area (Å²) in [6.45, 7) is 6.57. The Bertz CT molecular complexity index is 571. The molecule has 7 heteroatoms. The Morgan fingerprint density at radius 3 is 2.71 bits per heavy atom. The molecule has 0 unspecified atom stereocenters. The number of aryl methyl sites for hydroxylation is 2. The average Bonchev–Trinajstić information content (AvgIpc) is 3.11. The van der Waals surface area contributed by atoms with Crippen LogP contribution < -0.4 is 0 Å². The van der Waals surface area contributed by atoms with Crippen LogP contribution in [0.5, 0.6) is 0 Å². The number of likely N-dealkylation sites (tertiary alicyclic amines) is 1. The monoisotopic (exact) mass is 290 g/mol. The molecule has 2 aromatic rings. The van der Waals surface area contributed by atoms with Gasteiger partial charge >= 0.3 is 0 Å². The summed E-state index contributed by atoms with van der Waals surface area (Å²) in [6.07, 6.45) is 3.67. The molecule has 1 aliphatic rings. The van der Waals surface area contributed by atoms with Gasteiger partial charge in [0.2, 0.25) is 5.89 Å². The van der Waals surface area contributed by atoms with Crippen molar-refractivity contribution in [2.24, 2.45) is 0 Å². The number of rotatable bonds is 4. The number of hydrogen-bond acceptors (Lipinski definition) is 6. The van der Waals surface area contributed by atoms with E-state index in [4.69, 9.17) is 4.42 Å². The number of oxazole rings is 1. The molecule has 1 saturated heterocycles. The third-order valence-electron chi connectivity index (χ3n) is 4.21. The van der Waals surface area contributed by atoms with Crippen molar-refractivity contribution in [2.75, 3.05) is 27.2 Å². The SMILES string of the molecule is Cc1nc(CN2C[C@@H](N(C)C)[C@@H](n3ccnn3)C2)oc1C. The predicted molar refractivity (Wildman–Crippen MR) is 77.8 cm³/mol. The van der Waals surface area contributed by atoms with Gasteiger partial charge in [-0.15, -0.1) is 5.10 Å². The summed E-state index contributed by atoms with van der Waals surface area (Å²) >= 11 is 0. The fourth-order valence-corrected chi connectivity index (χ4v) is 2.94. The Morgan fingerprint density at radius 1 is 1.33 bits per heavy atom. The van der Waals surface area contributed by atoms with Crippen LogP contribution in [0.25, 0.3) is 0 Å². The van der Waals surface area contributed by atoms with Crippen molar-refractivity contribution in [1.82, 2.24) is 29.8 Å². The third-order valence-corrected chi connectivity index (χ3v) is 4.21. The van der Waals surface area contributed by atoms with Crippen LogP contribution in [-0.4, -0.2) is 63.0 Å². The van der Waals surface area contributed by atoms with Gasteiger partial charge in [0.25, 0.3) is 0 Å². The Balaban J connectivity index is 1.74. The molecule has 0 radical (unpaired) electrons. The van der Waals surface area contributed by atoms with Gasteiger partial charge in [0, 0.05) is 25.3 Å². The van der Waals surface area contributed by atoms with Gasteiger partial charge in [-0.05, 0) is 27.9 Å². The highest BCUT2D eigenvalue weighted by atomic mass is 16.4. The summed E-state index contributed by atoms with van der Waals surface area (Å²) in [7, 11) is 4.22. The summed E-state index contributed by atoms with van der Waals surface area (Å²) in [5, 5.41) is 8.09. The van der Waals surface area contributed by atoms with Crippen LogP contribution in [0, 0.1) is 13.8 Å². The maximum Gasteiger partial charge on any atom is 0.208 e. The van der Waals surface area contributed by atoms with Crippen molar-refractivity contribution in [3.63, 3.8) is 0 Å². The molecular formula is C14H22N6O. The van der Waals surface area contributed by atoms with Crippen molar-refractivity contribution < 1.29 is 4.42 Å². The van der Waals surface area contributed by atoms with Crippen LogP contribution in [0.3, 0.4) is 0 Å². The summed E-state index contributed by atoms with van der Waals surface area (Å²) in [4.78, 5) is 9.09. The standard InChI is InChI=1S/C14H22N6O/c1-10-11(2)21-14(16-10)9-19-7-12(18(3)4)13(8-19)20-6-5-15-17-20/h5-6,12-13H,7-9H2,1-4H3/t12-,13+/m1/s1. The minimum atomic E-state index is 0.305. The lowest BCUT2D eigenvalue weighted by Gasteiger charge is -2.24. The zero-order valence-electron chi connectivity index (χ0n) is 13.0. The van der Waals surface area contributed by atoms with E-state index in [1.54, 1.807) is 6.20 Å². The molecule has 3 rings (SSSR count). The second kappa shape index (κ2) is 5.57. The third kappa shape index (κ3) is 2.84. The molecular weight excluding hydrogens is 268 g/mol. The normalized spacial score (nSPS) is 23.3. The van der Waals surface area contributed by atoms with Gasteiger partial charge < -0.3 is 9.32 Å². The number of hydrogen-bond donors (Lipinski definition) is 0. The van der Waals surface area contributed by atoms with Crippen molar-refractivity contribution >= 4 is 0 Å². The number of aromatic nitrogens is 4. The molecule has 21 heavy (non-hydrogen) atoms. The van der Waals surface area contributed by atoms with E-state index in [2.05, 4.69) is 39.2 Å². The van der Waals surface area contributed by atoms with Crippen molar-refractivity contribution in [1.29, 1.82) is 0 Å². The molecule has 0 aromatic carbocycles. The van der Waals surface area contributed by atoms with Crippen LogP contribution in [0.15, 0.2) is 16.8 Å². The zero-order chi connectivity index (χ0) is 15.0.